The summed E-state index contributed by atoms with van der Waals surface area (Å²) >= 11 is 3.64. The van der Waals surface area contributed by atoms with Crippen LogP contribution in [0, 0.1) is 11.3 Å². The van der Waals surface area contributed by atoms with E-state index in [1.165, 1.54) is 5.56 Å². The molecule has 0 spiro atoms. The molecule has 2 aromatic carbocycles. The molecule has 3 rings (SSSR count). The first-order chi connectivity index (χ1) is 10.6. The lowest BCUT2D eigenvalue weighted by Crippen LogP contribution is -1.91. The quantitative estimate of drug-likeness (QED) is 0.597. The molecule has 0 saturated carbocycles. The van der Waals surface area contributed by atoms with Gasteiger partial charge >= 0.3 is 0 Å². The Morgan fingerprint density at radius 3 is 2.64 bits per heavy atom. The third-order valence-electron chi connectivity index (χ3n) is 3.72. The Bertz CT molecular complexity index is 892. The van der Waals surface area contributed by atoms with E-state index >= 15 is 0 Å². The number of nitrogens with zero attached hydrogens (tertiary/aromatic N) is 2. The Morgan fingerprint density at radius 1 is 1.09 bits per heavy atom. The maximum Gasteiger partial charge on any atom is 0.0991 e. The van der Waals surface area contributed by atoms with Crippen LogP contribution >= 0.6 is 15.9 Å². The predicted molar refractivity (Wildman–Crippen MR) is 93.7 cm³/mol. The lowest BCUT2D eigenvalue weighted by molar-refractivity contribution is 0.867. The minimum absolute atomic E-state index is 0.479. The molecule has 3 aromatic rings. The highest BCUT2D eigenvalue weighted by Gasteiger charge is 2.08. The molecule has 1 heterocycles. The summed E-state index contributed by atoms with van der Waals surface area (Å²) < 4.78 is 1.01. The Hall–Kier alpha value is -2.18. The fraction of sp³-hybridized carbons (Fsp3) is 0.158. The van der Waals surface area contributed by atoms with Crippen molar-refractivity contribution in [1.82, 2.24) is 4.98 Å². The van der Waals surface area contributed by atoms with Gasteiger partial charge in [0.1, 0.15) is 0 Å². The second kappa shape index (κ2) is 5.90. The first kappa shape index (κ1) is 14.7. The van der Waals surface area contributed by atoms with Crippen molar-refractivity contribution in [3.8, 4) is 17.3 Å². The van der Waals surface area contributed by atoms with Gasteiger partial charge in [-0.25, -0.2) is 4.98 Å². The molecule has 0 atom stereocenters. The third kappa shape index (κ3) is 2.75. The molecular formula is C19H15BrN2. The van der Waals surface area contributed by atoms with Crippen molar-refractivity contribution in [3.63, 3.8) is 0 Å². The van der Waals surface area contributed by atoms with Crippen molar-refractivity contribution in [2.75, 3.05) is 0 Å². The zero-order valence-corrected chi connectivity index (χ0v) is 14.1. The second-order valence-corrected chi connectivity index (χ2v) is 6.47. The number of nitriles is 1. The van der Waals surface area contributed by atoms with Gasteiger partial charge in [0.05, 0.1) is 22.8 Å². The van der Waals surface area contributed by atoms with Gasteiger partial charge in [-0.2, -0.15) is 5.26 Å². The van der Waals surface area contributed by atoms with E-state index in [9.17, 15) is 0 Å². The zero-order chi connectivity index (χ0) is 15.7. The van der Waals surface area contributed by atoms with Crippen molar-refractivity contribution in [1.29, 1.82) is 5.26 Å². The summed E-state index contributed by atoms with van der Waals surface area (Å²) in [4.78, 5) is 4.76. The average molecular weight is 351 g/mol. The van der Waals surface area contributed by atoms with Crippen LogP contribution in [0.4, 0.5) is 0 Å². The maximum absolute atomic E-state index is 9.03. The highest BCUT2D eigenvalue weighted by atomic mass is 79.9. The predicted octanol–water partition coefficient (Wildman–Crippen LogP) is 5.66. The summed E-state index contributed by atoms with van der Waals surface area (Å²) in [6.07, 6.45) is 0. The number of benzene rings is 2. The van der Waals surface area contributed by atoms with Gasteiger partial charge in [-0.1, -0.05) is 32.0 Å². The van der Waals surface area contributed by atoms with Crippen molar-refractivity contribution in [3.05, 3.63) is 64.1 Å². The molecule has 0 N–H and O–H groups in total. The summed E-state index contributed by atoms with van der Waals surface area (Å²) in [5, 5.41) is 10.2. The van der Waals surface area contributed by atoms with Crippen LogP contribution < -0.4 is 0 Å². The fourth-order valence-electron chi connectivity index (χ4n) is 2.46. The van der Waals surface area contributed by atoms with Crippen LogP contribution in [-0.2, 0) is 0 Å². The van der Waals surface area contributed by atoms with Gasteiger partial charge in [0.25, 0.3) is 0 Å². The molecule has 0 aliphatic heterocycles. The van der Waals surface area contributed by atoms with Crippen molar-refractivity contribution in [2.45, 2.75) is 19.8 Å². The molecule has 0 fully saturated rings. The Kier molecular flexibility index (Phi) is 3.96. The summed E-state index contributed by atoms with van der Waals surface area (Å²) in [5.74, 6) is 0.479. The molecule has 0 aliphatic carbocycles. The highest BCUT2D eigenvalue weighted by Crippen LogP contribution is 2.30. The summed E-state index contributed by atoms with van der Waals surface area (Å²) in [6, 6.07) is 18.1. The van der Waals surface area contributed by atoms with E-state index in [0.717, 1.165) is 26.6 Å². The number of rotatable bonds is 2. The molecule has 2 nitrogen and oxygen atoms in total. The van der Waals surface area contributed by atoms with Crippen LogP contribution in [0.25, 0.3) is 22.2 Å². The fourth-order valence-corrected chi connectivity index (χ4v) is 3.04. The molecule has 0 aliphatic rings. The van der Waals surface area contributed by atoms with Gasteiger partial charge in [0.2, 0.25) is 0 Å². The second-order valence-electron chi connectivity index (χ2n) is 5.62. The molecule has 1 aromatic heterocycles. The number of pyridine rings is 1. The molecule has 0 radical (unpaired) electrons. The molecule has 0 saturated heterocycles. The number of hydrogen-bond donors (Lipinski definition) is 0. The van der Waals surface area contributed by atoms with Crippen LogP contribution in [0.1, 0.15) is 30.9 Å². The smallest absolute Gasteiger partial charge is 0.0991 e. The molecular weight excluding hydrogens is 336 g/mol. The summed E-state index contributed by atoms with van der Waals surface area (Å²) in [6.45, 7) is 4.37. The van der Waals surface area contributed by atoms with Gasteiger partial charge in [-0.3, -0.25) is 0 Å². The van der Waals surface area contributed by atoms with Crippen molar-refractivity contribution >= 4 is 26.8 Å². The minimum Gasteiger partial charge on any atom is -0.247 e. The topological polar surface area (TPSA) is 36.7 Å². The van der Waals surface area contributed by atoms with Crippen LogP contribution in [-0.4, -0.2) is 4.98 Å². The number of halogens is 1. The first-order valence-electron chi connectivity index (χ1n) is 7.19. The van der Waals surface area contributed by atoms with E-state index in [2.05, 4.69) is 54.0 Å². The van der Waals surface area contributed by atoms with Crippen LogP contribution in [0.5, 0.6) is 0 Å². The highest BCUT2D eigenvalue weighted by molar-refractivity contribution is 9.10. The lowest BCUT2D eigenvalue weighted by atomic mass is 10.0. The Balaban J connectivity index is 2.16. The maximum atomic E-state index is 9.03. The SMILES string of the molecule is CC(C)c1cc(Br)c2nc(-c3cccc(C#N)c3)ccc2c1. The van der Waals surface area contributed by atoms with E-state index in [1.807, 2.05) is 24.3 Å². The number of aromatic nitrogens is 1. The largest absolute Gasteiger partial charge is 0.247 e. The van der Waals surface area contributed by atoms with E-state index in [0.29, 0.717) is 11.5 Å². The zero-order valence-electron chi connectivity index (χ0n) is 12.5. The van der Waals surface area contributed by atoms with E-state index in [1.54, 1.807) is 6.07 Å². The Morgan fingerprint density at radius 2 is 1.91 bits per heavy atom. The van der Waals surface area contributed by atoms with Crippen LogP contribution in [0.15, 0.2) is 53.0 Å². The number of fused-ring (bicyclic) bond motifs is 1. The van der Waals surface area contributed by atoms with Gasteiger partial charge in [-0.05, 0) is 57.7 Å². The molecule has 22 heavy (non-hydrogen) atoms. The van der Waals surface area contributed by atoms with E-state index in [-0.39, 0.29) is 0 Å². The van der Waals surface area contributed by atoms with Crippen molar-refractivity contribution in [2.24, 2.45) is 0 Å². The molecule has 108 valence electrons. The lowest BCUT2D eigenvalue weighted by Gasteiger charge is -2.10. The first-order valence-corrected chi connectivity index (χ1v) is 7.98. The molecule has 0 bridgehead atoms. The summed E-state index contributed by atoms with van der Waals surface area (Å²) in [7, 11) is 0. The summed E-state index contributed by atoms with van der Waals surface area (Å²) in [5.41, 5.74) is 4.72. The van der Waals surface area contributed by atoms with Crippen LogP contribution in [0.2, 0.25) is 0 Å². The molecule has 3 heteroatoms. The van der Waals surface area contributed by atoms with E-state index < -0.39 is 0 Å². The monoisotopic (exact) mass is 350 g/mol. The normalized spacial score (nSPS) is 10.9. The average Bonchev–Trinajstić information content (AvgIpc) is 2.54. The van der Waals surface area contributed by atoms with Gasteiger partial charge in [0, 0.05) is 15.4 Å². The minimum atomic E-state index is 0.479. The van der Waals surface area contributed by atoms with Gasteiger partial charge in [-0.15, -0.1) is 0 Å². The van der Waals surface area contributed by atoms with Crippen molar-refractivity contribution < 1.29 is 0 Å². The molecule has 0 amide bonds. The van der Waals surface area contributed by atoms with Crippen LogP contribution in [0.3, 0.4) is 0 Å². The molecule has 0 unspecified atom stereocenters. The van der Waals surface area contributed by atoms with Gasteiger partial charge in [0.15, 0.2) is 0 Å². The Labute approximate surface area is 138 Å². The third-order valence-corrected chi connectivity index (χ3v) is 4.33. The van der Waals surface area contributed by atoms with Gasteiger partial charge < -0.3 is 0 Å². The van der Waals surface area contributed by atoms with E-state index in [4.69, 9.17) is 10.2 Å². The number of hydrogen-bond acceptors (Lipinski definition) is 2. The standard InChI is InChI=1S/C19H15BrN2/c1-12(2)16-9-15-6-7-18(22-19(15)17(20)10-16)14-5-3-4-13(8-14)11-21/h3-10,12H,1-2H3.